The van der Waals surface area contributed by atoms with Crippen LogP contribution in [0.15, 0.2) is 60.7 Å². The first kappa shape index (κ1) is 16.5. The lowest BCUT2D eigenvalue weighted by Crippen LogP contribution is -2.13. The molecule has 0 spiro atoms. The van der Waals surface area contributed by atoms with Gasteiger partial charge in [0.05, 0.1) is 7.11 Å². The molecule has 3 aromatic carbocycles. The van der Waals surface area contributed by atoms with Gasteiger partial charge in [-0.05, 0) is 35.4 Å². The predicted molar refractivity (Wildman–Crippen MR) is 94.0 cm³/mol. The Kier molecular flexibility index (Phi) is 4.39. The second kappa shape index (κ2) is 6.65. The summed E-state index contributed by atoms with van der Waals surface area (Å²) in [4.78, 5) is 12.0. The highest BCUT2D eigenvalue weighted by Crippen LogP contribution is 2.40. The van der Waals surface area contributed by atoms with E-state index in [2.05, 4.69) is 0 Å². The van der Waals surface area contributed by atoms with Gasteiger partial charge in [0.25, 0.3) is 0 Å². The molecule has 0 atom stereocenters. The van der Waals surface area contributed by atoms with Crippen molar-refractivity contribution in [1.29, 1.82) is 0 Å². The number of amides is 1. The van der Waals surface area contributed by atoms with Crippen molar-refractivity contribution in [3.05, 3.63) is 72.0 Å². The number of carbonyl (C=O) groups is 1. The van der Waals surface area contributed by atoms with Crippen molar-refractivity contribution in [3.8, 4) is 33.8 Å². The van der Waals surface area contributed by atoms with E-state index < -0.39 is 11.7 Å². The average Bonchev–Trinajstić information content (AvgIpc) is 2.61. The molecule has 0 aliphatic rings. The fourth-order valence-corrected chi connectivity index (χ4v) is 2.84. The maximum atomic E-state index is 14.2. The molecule has 3 N–H and O–H groups in total. The Morgan fingerprint density at radius 2 is 1.64 bits per heavy atom. The summed E-state index contributed by atoms with van der Waals surface area (Å²) in [6.45, 7) is 0. The van der Waals surface area contributed by atoms with E-state index in [0.29, 0.717) is 16.7 Å². The molecule has 25 heavy (non-hydrogen) atoms. The molecule has 0 saturated heterocycles. The summed E-state index contributed by atoms with van der Waals surface area (Å²) in [5.74, 6) is -0.992. The zero-order valence-corrected chi connectivity index (χ0v) is 13.5. The largest absolute Gasteiger partial charge is 0.508 e. The maximum Gasteiger partial charge on any atom is 0.249 e. The number of primary amides is 1. The first-order valence-electron chi connectivity index (χ1n) is 7.58. The number of para-hydroxylation sites is 1. The van der Waals surface area contributed by atoms with Crippen molar-refractivity contribution in [1.82, 2.24) is 0 Å². The summed E-state index contributed by atoms with van der Waals surface area (Å²) in [5, 5.41) is 9.51. The first-order chi connectivity index (χ1) is 12.0. The van der Waals surface area contributed by atoms with Crippen molar-refractivity contribution < 1.29 is 19.0 Å². The van der Waals surface area contributed by atoms with Gasteiger partial charge in [-0.1, -0.05) is 36.4 Å². The van der Waals surface area contributed by atoms with Crippen LogP contribution >= 0.6 is 0 Å². The van der Waals surface area contributed by atoms with Crippen LogP contribution in [0.5, 0.6) is 11.5 Å². The quantitative estimate of drug-likeness (QED) is 0.756. The highest BCUT2D eigenvalue weighted by molar-refractivity contribution is 6.05. The number of hydrogen-bond donors (Lipinski definition) is 2. The molecule has 3 aromatic rings. The Balaban J connectivity index is 2.36. The smallest absolute Gasteiger partial charge is 0.249 e. The molecule has 0 fully saturated rings. The number of rotatable bonds is 4. The van der Waals surface area contributed by atoms with Crippen molar-refractivity contribution in [3.63, 3.8) is 0 Å². The standard InChI is InChI=1S/C20H16FNO3/c1-25-19-15(5-3-7-17(19)21)18-14(4-2-6-16(18)20(22)24)12-8-10-13(23)11-9-12/h2-11,23H,1H3,(H2,22,24). The second-order valence-corrected chi connectivity index (χ2v) is 5.46. The summed E-state index contributed by atoms with van der Waals surface area (Å²) in [6, 6.07) is 16.1. The van der Waals surface area contributed by atoms with Crippen molar-refractivity contribution in [2.75, 3.05) is 7.11 Å². The van der Waals surface area contributed by atoms with Gasteiger partial charge in [0.15, 0.2) is 11.6 Å². The monoisotopic (exact) mass is 337 g/mol. The van der Waals surface area contributed by atoms with E-state index in [9.17, 15) is 14.3 Å². The zero-order chi connectivity index (χ0) is 18.0. The Morgan fingerprint density at radius 1 is 1.00 bits per heavy atom. The lowest BCUT2D eigenvalue weighted by atomic mass is 9.89. The number of hydrogen-bond acceptors (Lipinski definition) is 3. The highest BCUT2D eigenvalue weighted by Gasteiger charge is 2.20. The van der Waals surface area contributed by atoms with Crippen LogP contribution in [0.4, 0.5) is 4.39 Å². The molecule has 0 aromatic heterocycles. The van der Waals surface area contributed by atoms with Gasteiger partial charge in [0.2, 0.25) is 5.91 Å². The third-order valence-electron chi connectivity index (χ3n) is 3.95. The van der Waals surface area contributed by atoms with E-state index in [1.165, 1.54) is 13.2 Å². The molecular formula is C20H16FNO3. The summed E-state index contributed by atoms with van der Waals surface area (Å²) in [7, 11) is 1.37. The summed E-state index contributed by atoms with van der Waals surface area (Å²) in [5.41, 5.74) is 8.14. The van der Waals surface area contributed by atoms with Crippen molar-refractivity contribution in [2.24, 2.45) is 5.73 Å². The van der Waals surface area contributed by atoms with Gasteiger partial charge in [-0.25, -0.2) is 4.39 Å². The molecule has 1 amide bonds. The predicted octanol–water partition coefficient (Wildman–Crippen LogP) is 3.97. The number of aromatic hydroxyl groups is 1. The Bertz CT molecular complexity index is 936. The van der Waals surface area contributed by atoms with Crippen molar-refractivity contribution >= 4 is 5.91 Å². The van der Waals surface area contributed by atoms with Crippen LogP contribution in [-0.2, 0) is 0 Å². The maximum absolute atomic E-state index is 14.2. The molecule has 0 unspecified atom stereocenters. The third-order valence-corrected chi connectivity index (χ3v) is 3.95. The lowest BCUT2D eigenvalue weighted by Gasteiger charge is -2.17. The Hall–Kier alpha value is -3.34. The summed E-state index contributed by atoms with van der Waals surface area (Å²) >= 11 is 0. The molecule has 4 nitrogen and oxygen atoms in total. The lowest BCUT2D eigenvalue weighted by molar-refractivity contribution is 0.100. The van der Waals surface area contributed by atoms with Crippen LogP contribution in [0.1, 0.15) is 10.4 Å². The molecule has 126 valence electrons. The average molecular weight is 337 g/mol. The van der Waals surface area contributed by atoms with E-state index in [4.69, 9.17) is 10.5 Å². The van der Waals surface area contributed by atoms with Crippen LogP contribution in [0.2, 0.25) is 0 Å². The third kappa shape index (κ3) is 3.04. The molecule has 5 heteroatoms. The molecule has 0 aliphatic carbocycles. The van der Waals surface area contributed by atoms with E-state index in [1.54, 1.807) is 54.6 Å². The number of methoxy groups -OCH3 is 1. The van der Waals surface area contributed by atoms with E-state index in [1.807, 2.05) is 0 Å². The minimum atomic E-state index is -0.623. The Labute approximate surface area is 144 Å². The van der Waals surface area contributed by atoms with Crippen LogP contribution in [0, 0.1) is 5.82 Å². The van der Waals surface area contributed by atoms with E-state index in [0.717, 1.165) is 5.56 Å². The van der Waals surface area contributed by atoms with Gasteiger partial charge >= 0.3 is 0 Å². The first-order valence-corrected chi connectivity index (χ1v) is 7.58. The second-order valence-electron chi connectivity index (χ2n) is 5.46. The SMILES string of the molecule is COc1c(F)cccc1-c1c(C(N)=O)cccc1-c1ccc(O)cc1. The van der Waals surface area contributed by atoms with Crippen LogP contribution in [-0.4, -0.2) is 18.1 Å². The van der Waals surface area contributed by atoms with Crippen molar-refractivity contribution in [2.45, 2.75) is 0 Å². The number of benzene rings is 3. The molecule has 0 bridgehead atoms. The van der Waals surface area contributed by atoms with Gasteiger partial charge < -0.3 is 15.6 Å². The number of phenolic OH excluding ortho intramolecular Hbond substituents is 1. The number of halogens is 1. The van der Waals surface area contributed by atoms with E-state index >= 15 is 0 Å². The molecule has 0 radical (unpaired) electrons. The van der Waals surface area contributed by atoms with Crippen LogP contribution < -0.4 is 10.5 Å². The number of ether oxygens (including phenoxy) is 1. The van der Waals surface area contributed by atoms with Gasteiger partial charge in [0, 0.05) is 16.7 Å². The number of phenols is 1. The molecule has 0 saturated carbocycles. The zero-order valence-electron chi connectivity index (χ0n) is 13.5. The van der Waals surface area contributed by atoms with Crippen LogP contribution in [0.25, 0.3) is 22.3 Å². The minimum absolute atomic E-state index is 0.0382. The van der Waals surface area contributed by atoms with E-state index in [-0.39, 0.29) is 17.1 Å². The molecule has 0 aliphatic heterocycles. The Morgan fingerprint density at radius 3 is 2.28 bits per heavy atom. The van der Waals surface area contributed by atoms with Gasteiger partial charge in [-0.3, -0.25) is 4.79 Å². The summed E-state index contributed by atoms with van der Waals surface area (Å²) < 4.78 is 19.4. The minimum Gasteiger partial charge on any atom is -0.508 e. The fourth-order valence-electron chi connectivity index (χ4n) is 2.84. The normalized spacial score (nSPS) is 10.5. The molecule has 3 rings (SSSR count). The topological polar surface area (TPSA) is 72.5 Å². The number of nitrogens with two attached hydrogens (primary N) is 1. The summed E-state index contributed by atoms with van der Waals surface area (Å²) in [6.07, 6.45) is 0. The molecule has 0 heterocycles. The van der Waals surface area contributed by atoms with Crippen LogP contribution in [0.3, 0.4) is 0 Å². The fraction of sp³-hybridized carbons (Fsp3) is 0.0500. The highest BCUT2D eigenvalue weighted by atomic mass is 19.1. The number of carbonyl (C=O) groups excluding carboxylic acids is 1. The van der Waals surface area contributed by atoms with Gasteiger partial charge in [-0.15, -0.1) is 0 Å². The van der Waals surface area contributed by atoms with Gasteiger partial charge in [-0.2, -0.15) is 0 Å². The molecular weight excluding hydrogens is 321 g/mol. The van der Waals surface area contributed by atoms with Gasteiger partial charge in [0.1, 0.15) is 5.75 Å².